The monoisotopic (exact) mass is 285 g/mol. The second kappa shape index (κ2) is 4.86. The van der Waals surface area contributed by atoms with E-state index in [1.54, 1.807) is 13.8 Å². The van der Waals surface area contributed by atoms with Crippen LogP contribution >= 0.6 is 0 Å². The van der Waals surface area contributed by atoms with E-state index in [0.29, 0.717) is 11.1 Å². The Morgan fingerprint density at radius 1 is 1.05 bits per heavy atom. The number of rotatable bonds is 2. The van der Waals surface area contributed by atoms with Crippen LogP contribution in [-0.4, -0.2) is 48.2 Å². The third-order valence-electron chi connectivity index (χ3n) is 3.43. The molecule has 0 amide bonds. The van der Waals surface area contributed by atoms with E-state index in [1.165, 1.54) is 0 Å². The van der Waals surface area contributed by atoms with E-state index < -0.39 is 22.2 Å². The fraction of sp³-hybridized carbons (Fsp3) is 0.538. The maximum atomic E-state index is 12.6. The molecular weight excluding hydrogens is 266 g/mol. The van der Waals surface area contributed by atoms with Crippen LogP contribution in [0.1, 0.15) is 16.7 Å². The van der Waals surface area contributed by atoms with Crippen molar-refractivity contribution < 1.29 is 18.6 Å². The lowest BCUT2D eigenvalue weighted by Gasteiger charge is -2.19. The molecule has 6 heteroatoms. The third-order valence-corrected chi connectivity index (χ3v) is 5.57. The number of aryl methyl sites for hydroxylation is 3. The molecule has 1 fully saturated rings. The van der Waals surface area contributed by atoms with Gasteiger partial charge in [0.05, 0.1) is 17.1 Å². The lowest BCUT2D eigenvalue weighted by Crippen LogP contribution is -2.31. The van der Waals surface area contributed by atoms with Crippen molar-refractivity contribution in [3.8, 4) is 0 Å². The normalized spacial score (nSPS) is 24.9. The van der Waals surface area contributed by atoms with Gasteiger partial charge in [0.1, 0.15) is 0 Å². The van der Waals surface area contributed by atoms with Gasteiger partial charge in [-0.05, 0) is 31.9 Å². The summed E-state index contributed by atoms with van der Waals surface area (Å²) in [5, 5.41) is 19.0. The van der Waals surface area contributed by atoms with Gasteiger partial charge in [-0.15, -0.1) is 0 Å². The van der Waals surface area contributed by atoms with E-state index in [9.17, 15) is 18.6 Å². The molecule has 106 valence electrons. The summed E-state index contributed by atoms with van der Waals surface area (Å²) in [5.41, 5.74) is 2.39. The van der Waals surface area contributed by atoms with Crippen molar-refractivity contribution in [2.24, 2.45) is 0 Å². The number of benzene rings is 1. The molecular formula is C13H19NO4S. The minimum absolute atomic E-state index is 0.0593. The lowest BCUT2D eigenvalue weighted by atomic mass is 10.1. The highest BCUT2D eigenvalue weighted by atomic mass is 32.2. The third kappa shape index (κ3) is 2.53. The van der Waals surface area contributed by atoms with E-state index in [0.717, 1.165) is 9.87 Å². The molecule has 0 radical (unpaired) electrons. The van der Waals surface area contributed by atoms with Crippen molar-refractivity contribution in [1.82, 2.24) is 4.31 Å². The molecule has 0 saturated carbocycles. The highest BCUT2D eigenvalue weighted by Crippen LogP contribution is 2.27. The molecule has 1 aliphatic rings. The van der Waals surface area contributed by atoms with Gasteiger partial charge in [-0.1, -0.05) is 17.7 Å². The zero-order valence-electron chi connectivity index (χ0n) is 11.3. The molecule has 0 aliphatic carbocycles. The second-order valence-corrected chi connectivity index (χ2v) is 7.06. The standard InChI is InChI=1S/C13H19NO4S/c1-8-4-9(2)13(10(3)5-8)19(17,18)14-6-11(15)12(16)7-14/h4-5,11-12,15-16H,6-7H2,1-3H3/t11-,12+. The molecule has 0 aromatic heterocycles. The molecule has 2 N–H and O–H groups in total. The van der Waals surface area contributed by atoms with Crippen LogP contribution in [0.5, 0.6) is 0 Å². The summed E-state index contributed by atoms with van der Waals surface area (Å²) in [6.07, 6.45) is -2.03. The van der Waals surface area contributed by atoms with Gasteiger partial charge in [-0.25, -0.2) is 8.42 Å². The van der Waals surface area contributed by atoms with Crippen molar-refractivity contribution in [1.29, 1.82) is 0 Å². The average molecular weight is 285 g/mol. The number of hydrogen-bond donors (Lipinski definition) is 2. The highest BCUT2D eigenvalue weighted by molar-refractivity contribution is 7.89. The fourth-order valence-corrected chi connectivity index (χ4v) is 4.52. The van der Waals surface area contributed by atoms with Crippen LogP contribution in [0, 0.1) is 20.8 Å². The zero-order valence-corrected chi connectivity index (χ0v) is 12.1. The first kappa shape index (κ1) is 14.5. The Morgan fingerprint density at radius 2 is 1.47 bits per heavy atom. The number of sulfonamides is 1. The summed E-state index contributed by atoms with van der Waals surface area (Å²) in [4.78, 5) is 0.277. The van der Waals surface area contributed by atoms with Crippen LogP contribution in [0.3, 0.4) is 0 Å². The van der Waals surface area contributed by atoms with Crippen molar-refractivity contribution >= 4 is 10.0 Å². The maximum Gasteiger partial charge on any atom is 0.243 e. The molecule has 1 heterocycles. The minimum atomic E-state index is -3.67. The van der Waals surface area contributed by atoms with Crippen LogP contribution in [0.4, 0.5) is 0 Å². The summed E-state index contributed by atoms with van der Waals surface area (Å²) in [7, 11) is -3.67. The molecule has 1 aliphatic heterocycles. The fourth-order valence-electron chi connectivity index (χ4n) is 2.63. The van der Waals surface area contributed by atoms with Gasteiger partial charge in [0.15, 0.2) is 0 Å². The first-order valence-electron chi connectivity index (χ1n) is 6.17. The Balaban J connectivity index is 2.47. The van der Waals surface area contributed by atoms with Crippen molar-refractivity contribution in [3.63, 3.8) is 0 Å². The van der Waals surface area contributed by atoms with Gasteiger partial charge < -0.3 is 10.2 Å². The van der Waals surface area contributed by atoms with Crippen molar-refractivity contribution in [3.05, 3.63) is 28.8 Å². The number of hydrogen-bond acceptors (Lipinski definition) is 4. The maximum absolute atomic E-state index is 12.6. The molecule has 0 unspecified atom stereocenters. The van der Waals surface area contributed by atoms with Gasteiger partial charge in [0.25, 0.3) is 0 Å². The van der Waals surface area contributed by atoms with Gasteiger partial charge in [0.2, 0.25) is 10.0 Å². The van der Waals surface area contributed by atoms with Crippen LogP contribution < -0.4 is 0 Å². The van der Waals surface area contributed by atoms with E-state index in [4.69, 9.17) is 0 Å². The molecule has 1 aromatic carbocycles. The van der Waals surface area contributed by atoms with E-state index in [-0.39, 0.29) is 18.0 Å². The average Bonchev–Trinajstić information content (AvgIpc) is 2.57. The number of β-amino-alcohol motifs (C(OH)–C–C–N with tert-alkyl or cyclic N) is 2. The Hall–Kier alpha value is -0.950. The van der Waals surface area contributed by atoms with Crippen LogP contribution in [0.15, 0.2) is 17.0 Å². The molecule has 19 heavy (non-hydrogen) atoms. The molecule has 2 atom stereocenters. The first-order chi connectivity index (χ1) is 8.73. The number of aliphatic hydroxyl groups excluding tert-OH is 2. The summed E-state index contributed by atoms with van der Waals surface area (Å²) >= 11 is 0. The molecule has 0 bridgehead atoms. The highest BCUT2D eigenvalue weighted by Gasteiger charge is 2.38. The van der Waals surface area contributed by atoms with Gasteiger partial charge in [-0.2, -0.15) is 4.31 Å². The van der Waals surface area contributed by atoms with Gasteiger partial charge in [0, 0.05) is 13.1 Å². The summed E-state index contributed by atoms with van der Waals surface area (Å²) < 4.78 is 26.3. The van der Waals surface area contributed by atoms with Crippen molar-refractivity contribution in [2.45, 2.75) is 37.9 Å². The van der Waals surface area contributed by atoms with E-state index >= 15 is 0 Å². The van der Waals surface area contributed by atoms with Crippen LogP contribution in [-0.2, 0) is 10.0 Å². The Kier molecular flexibility index (Phi) is 3.70. The van der Waals surface area contributed by atoms with Crippen LogP contribution in [0.2, 0.25) is 0 Å². The summed E-state index contributed by atoms with van der Waals surface area (Å²) in [6, 6.07) is 3.64. The Morgan fingerprint density at radius 3 is 1.89 bits per heavy atom. The molecule has 5 nitrogen and oxygen atoms in total. The molecule has 1 aromatic rings. The smallest absolute Gasteiger partial charge is 0.243 e. The predicted molar refractivity (Wildman–Crippen MR) is 71.4 cm³/mol. The van der Waals surface area contributed by atoms with Crippen LogP contribution in [0.25, 0.3) is 0 Å². The number of nitrogens with zero attached hydrogens (tertiary/aromatic N) is 1. The minimum Gasteiger partial charge on any atom is -0.389 e. The molecule has 0 spiro atoms. The van der Waals surface area contributed by atoms with E-state index in [1.807, 2.05) is 19.1 Å². The number of aliphatic hydroxyl groups is 2. The van der Waals surface area contributed by atoms with E-state index in [2.05, 4.69) is 0 Å². The quantitative estimate of drug-likeness (QED) is 0.821. The summed E-state index contributed by atoms with van der Waals surface area (Å²) in [5.74, 6) is 0. The molecule has 1 saturated heterocycles. The zero-order chi connectivity index (χ0) is 14.4. The largest absolute Gasteiger partial charge is 0.389 e. The Labute approximate surface area is 113 Å². The SMILES string of the molecule is Cc1cc(C)c(S(=O)(=O)N2C[C@@H](O)[C@@H](O)C2)c(C)c1. The lowest BCUT2D eigenvalue weighted by molar-refractivity contribution is 0.0572. The Bertz CT molecular complexity index is 564. The summed E-state index contributed by atoms with van der Waals surface area (Å²) in [6.45, 7) is 5.32. The van der Waals surface area contributed by atoms with Crippen molar-refractivity contribution in [2.75, 3.05) is 13.1 Å². The topological polar surface area (TPSA) is 77.8 Å². The second-order valence-electron chi connectivity index (χ2n) is 5.18. The van der Waals surface area contributed by atoms with Gasteiger partial charge >= 0.3 is 0 Å². The molecule has 2 rings (SSSR count). The first-order valence-corrected chi connectivity index (χ1v) is 7.61. The predicted octanol–water partition coefficient (Wildman–Crippen LogP) is 0.338. The van der Waals surface area contributed by atoms with Gasteiger partial charge in [-0.3, -0.25) is 0 Å².